The number of aliphatic hydroxyl groups excluding tert-OH is 3. The highest BCUT2D eigenvalue weighted by Crippen LogP contribution is 2.78. The van der Waals surface area contributed by atoms with Gasteiger partial charge < -0.3 is 40.5 Å². The number of phenols is 2. The molecule has 7 N–H and O–H groups in total. The number of fused-ring (bicyclic) bond motifs is 8. The molecule has 0 radical (unpaired) electrons. The molecule has 7 aliphatic rings. The minimum Gasteiger partial charge on any atom is -0.504 e. The maximum Gasteiger partial charge on any atom is 0.160 e. The first-order valence-corrected chi connectivity index (χ1v) is 18.8. The lowest BCUT2D eigenvalue weighted by Crippen LogP contribution is -2.69. The molecule has 270 valence electrons. The first kappa shape index (κ1) is 34.1. The van der Waals surface area contributed by atoms with Crippen molar-refractivity contribution in [2.75, 3.05) is 0 Å². The molecule has 0 amide bonds. The average molecular weight is 681 g/mol. The SMILES string of the molecule is CC1CCCC2(OC3CC4(O)C5=CC(=O)C6C(c7ccc(O)c(O)c7)C(O)C(O)CC6(C)C5C5(CCCC5)CC4(C)C3C2(C)O)C(O)C1C. The quantitative estimate of drug-likeness (QED) is 0.212. The maximum atomic E-state index is 14.7. The van der Waals surface area contributed by atoms with Crippen LogP contribution in [0.2, 0.25) is 0 Å². The molecule has 5 saturated carbocycles. The number of carbonyl (C=O) groups is 1. The van der Waals surface area contributed by atoms with Crippen molar-refractivity contribution in [2.45, 2.75) is 146 Å². The zero-order valence-corrected chi connectivity index (χ0v) is 29.6. The van der Waals surface area contributed by atoms with Gasteiger partial charge in [-0.05, 0) is 97.0 Å². The Balaban J connectivity index is 1.28. The summed E-state index contributed by atoms with van der Waals surface area (Å²) in [5.41, 5.74) is -4.97. The highest BCUT2D eigenvalue weighted by Gasteiger charge is 2.81. The van der Waals surface area contributed by atoms with E-state index in [0.717, 1.165) is 38.5 Å². The smallest absolute Gasteiger partial charge is 0.160 e. The van der Waals surface area contributed by atoms with E-state index >= 15 is 0 Å². The fraction of sp³-hybridized carbons (Fsp3) is 0.775. The minimum atomic E-state index is -1.47. The zero-order valence-electron chi connectivity index (χ0n) is 29.6. The molecule has 15 unspecified atom stereocenters. The number of aromatic hydroxyl groups is 2. The number of benzene rings is 1. The number of ketones is 1. The van der Waals surface area contributed by atoms with Gasteiger partial charge in [0.1, 0.15) is 5.60 Å². The second-order valence-electron chi connectivity index (χ2n) is 18.5. The Kier molecular flexibility index (Phi) is 7.33. The van der Waals surface area contributed by atoms with Gasteiger partial charge in [-0.2, -0.15) is 0 Å². The van der Waals surface area contributed by atoms with Crippen molar-refractivity contribution in [3.8, 4) is 11.5 Å². The third-order valence-electron chi connectivity index (χ3n) is 16.3. The third-order valence-corrected chi connectivity index (χ3v) is 16.3. The van der Waals surface area contributed by atoms with Gasteiger partial charge in [-0.1, -0.05) is 59.4 Å². The Hall–Kier alpha value is -2.01. The van der Waals surface area contributed by atoms with Crippen molar-refractivity contribution in [3.63, 3.8) is 0 Å². The number of rotatable bonds is 1. The van der Waals surface area contributed by atoms with Gasteiger partial charge >= 0.3 is 0 Å². The molecular weight excluding hydrogens is 624 g/mol. The molecule has 6 aliphatic carbocycles. The van der Waals surface area contributed by atoms with E-state index in [0.29, 0.717) is 24.0 Å². The largest absolute Gasteiger partial charge is 0.504 e. The Morgan fingerprint density at radius 1 is 0.898 bits per heavy atom. The predicted molar refractivity (Wildman–Crippen MR) is 180 cm³/mol. The van der Waals surface area contributed by atoms with Gasteiger partial charge in [0.05, 0.1) is 35.6 Å². The van der Waals surface area contributed by atoms with E-state index in [-0.39, 0.29) is 53.3 Å². The molecule has 0 aromatic heterocycles. The number of hydrogen-bond donors (Lipinski definition) is 7. The van der Waals surface area contributed by atoms with Crippen LogP contribution in [0.4, 0.5) is 0 Å². The second-order valence-corrected chi connectivity index (χ2v) is 18.5. The molecule has 1 aromatic carbocycles. The summed E-state index contributed by atoms with van der Waals surface area (Å²) in [6.45, 7) is 10.1. The Morgan fingerprint density at radius 3 is 2.27 bits per heavy atom. The van der Waals surface area contributed by atoms with Gasteiger partial charge in [-0.15, -0.1) is 0 Å². The summed E-state index contributed by atoms with van der Waals surface area (Å²) < 4.78 is 6.99. The van der Waals surface area contributed by atoms with Gasteiger partial charge in [0.15, 0.2) is 17.3 Å². The summed E-state index contributed by atoms with van der Waals surface area (Å²) in [5.74, 6) is -3.00. The highest BCUT2D eigenvalue weighted by molar-refractivity contribution is 5.96. The molecule has 8 rings (SSSR count). The molecule has 6 fully saturated rings. The van der Waals surface area contributed by atoms with Crippen LogP contribution in [0.25, 0.3) is 0 Å². The summed E-state index contributed by atoms with van der Waals surface area (Å²) in [5, 5.41) is 81.6. The zero-order chi connectivity index (χ0) is 35.3. The molecule has 49 heavy (non-hydrogen) atoms. The summed E-state index contributed by atoms with van der Waals surface area (Å²) in [6.07, 6.45) is 4.89. The highest BCUT2D eigenvalue weighted by atomic mass is 16.6. The van der Waals surface area contributed by atoms with Crippen LogP contribution in [0, 0.1) is 45.8 Å². The van der Waals surface area contributed by atoms with Crippen molar-refractivity contribution in [1.82, 2.24) is 0 Å². The third kappa shape index (κ3) is 4.06. The van der Waals surface area contributed by atoms with Crippen LogP contribution in [0.3, 0.4) is 0 Å². The lowest BCUT2D eigenvalue weighted by atomic mass is 9.37. The Morgan fingerprint density at radius 2 is 1.59 bits per heavy atom. The molecule has 1 aliphatic heterocycles. The Labute approximate surface area is 289 Å². The average Bonchev–Trinajstić information content (AvgIpc) is 3.61. The van der Waals surface area contributed by atoms with Crippen molar-refractivity contribution in [1.29, 1.82) is 0 Å². The van der Waals surface area contributed by atoms with Gasteiger partial charge in [0.2, 0.25) is 0 Å². The number of ether oxygens (including phenoxy) is 1. The van der Waals surface area contributed by atoms with Gasteiger partial charge in [-0.25, -0.2) is 0 Å². The van der Waals surface area contributed by atoms with E-state index in [2.05, 4.69) is 13.8 Å². The van der Waals surface area contributed by atoms with Crippen LogP contribution in [-0.2, 0) is 9.53 Å². The number of phenolic OH excluding ortho intramolecular Hbond substituents is 2. The van der Waals surface area contributed by atoms with E-state index in [1.165, 1.54) is 12.1 Å². The molecule has 1 heterocycles. The van der Waals surface area contributed by atoms with Crippen LogP contribution in [0.5, 0.6) is 11.5 Å². The maximum absolute atomic E-state index is 14.7. The van der Waals surface area contributed by atoms with E-state index in [1.54, 1.807) is 12.1 Å². The van der Waals surface area contributed by atoms with Gasteiger partial charge in [0, 0.05) is 29.6 Å². The predicted octanol–water partition coefficient (Wildman–Crippen LogP) is 4.48. The van der Waals surface area contributed by atoms with E-state index in [1.807, 2.05) is 20.8 Å². The number of allylic oxidation sites excluding steroid dienone is 1. The lowest BCUT2D eigenvalue weighted by Gasteiger charge is -2.67. The van der Waals surface area contributed by atoms with Crippen LogP contribution >= 0.6 is 0 Å². The molecule has 9 heteroatoms. The first-order valence-electron chi connectivity index (χ1n) is 18.8. The fourth-order valence-electron chi connectivity index (χ4n) is 14.2. The first-order chi connectivity index (χ1) is 22.9. The number of hydrogen-bond acceptors (Lipinski definition) is 9. The summed E-state index contributed by atoms with van der Waals surface area (Å²) in [4.78, 5) is 14.7. The molecule has 15 atom stereocenters. The van der Waals surface area contributed by atoms with Crippen molar-refractivity contribution in [3.05, 3.63) is 35.4 Å². The van der Waals surface area contributed by atoms with Crippen LogP contribution in [0.15, 0.2) is 29.8 Å². The lowest BCUT2D eigenvalue weighted by molar-refractivity contribution is -0.232. The van der Waals surface area contributed by atoms with Crippen molar-refractivity contribution in [2.24, 2.45) is 45.8 Å². The minimum absolute atomic E-state index is 0.0662. The second kappa shape index (κ2) is 10.5. The molecule has 9 nitrogen and oxygen atoms in total. The molecule has 0 bridgehead atoms. The Bertz CT molecular complexity index is 1580. The normalized spacial score (nSPS) is 53.1. The molecule has 1 saturated heterocycles. The summed E-state index contributed by atoms with van der Waals surface area (Å²) >= 11 is 0. The van der Waals surface area contributed by atoms with Crippen molar-refractivity contribution < 1.29 is 45.3 Å². The van der Waals surface area contributed by atoms with E-state index < -0.39 is 69.8 Å². The monoisotopic (exact) mass is 680 g/mol. The number of aliphatic hydroxyl groups is 5. The number of carbonyl (C=O) groups excluding carboxylic acids is 1. The van der Waals surface area contributed by atoms with Gasteiger partial charge in [-0.3, -0.25) is 4.79 Å². The molecule has 1 aromatic rings. The fourth-order valence-corrected chi connectivity index (χ4v) is 14.2. The van der Waals surface area contributed by atoms with E-state index in [9.17, 15) is 40.5 Å². The van der Waals surface area contributed by atoms with Crippen molar-refractivity contribution >= 4 is 5.78 Å². The summed E-state index contributed by atoms with van der Waals surface area (Å²) in [6, 6.07) is 4.32. The molecular formula is C40H56O9. The van der Waals surface area contributed by atoms with Gasteiger partial charge in [0.25, 0.3) is 0 Å². The van der Waals surface area contributed by atoms with Crippen LogP contribution < -0.4 is 0 Å². The topological polar surface area (TPSA) is 168 Å². The van der Waals surface area contributed by atoms with Crippen LogP contribution in [-0.4, -0.2) is 82.7 Å². The standard InChI is InChI=1S/C40H56O9/c1-20-9-8-14-40(34(46)21(20)2)37(5,47)33-28(49-40)18-39(48)23-16-26(43)30-29(22-10-11-24(41)25(42)15-22)31(45)27(44)17-35(30,3)32(23)38(12-6-7-13-38)19-36(33,39)4/h10-11,15-16,20-21,27-34,41-42,44-48H,6-9,12-14,17-19H2,1-5H3. The summed E-state index contributed by atoms with van der Waals surface area (Å²) in [7, 11) is 0. The van der Waals surface area contributed by atoms with Crippen LogP contribution in [0.1, 0.15) is 110 Å². The molecule has 2 spiro atoms. The van der Waals surface area contributed by atoms with E-state index in [4.69, 9.17) is 4.74 Å².